The van der Waals surface area contributed by atoms with E-state index >= 15 is 0 Å². The minimum absolute atomic E-state index is 0.294. The lowest BCUT2D eigenvalue weighted by atomic mass is 9.64. The van der Waals surface area contributed by atoms with Crippen molar-refractivity contribution in [3.05, 3.63) is 292 Å². The van der Waals surface area contributed by atoms with Crippen LogP contribution in [0.4, 0.5) is 17.1 Å². The van der Waals surface area contributed by atoms with Gasteiger partial charge in [0.15, 0.2) is 0 Å². The number of benzene rings is 10. The Kier molecular flexibility index (Phi) is 7.81. The van der Waals surface area contributed by atoms with E-state index in [-0.39, 0.29) is 5.41 Å². The zero-order valence-corrected chi connectivity index (χ0v) is 36.5. The number of rotatable bonds is 4. The number of hydrogen-bond donors (Lipinski definition) is 0. The standard InChI is InChI=1S/C65H43N/c1-64-55-29-12-10-25-48(55)51-27-18-28-52(63(51)64)53(50-37-35-43(41-60(50)64)42-19-4-2-5-20-42)39-44-21-8-9-24-47(44)45-36-38-57-54(40-45)49-26-11-13-30-56(49)65(57)58-31-14-16-33-61(58)66(46-22-6-3-7-23-46)62-34-17-15-32-59(62)65/h2-41H,1H3/b53-39+. The predicted molar refractivity (Wildman–Crippen MR) is 274 cm³/mol. The van der Waals surface area contributed by atoms with Crippen LogP contribution in [0.3, 0.4) is 0 Å². The van der Waals surface area contributed by atoms with Crippen molar-refractivity contribution in [1.82, 2.24) is 0 Å². The molecule has 0 amide bonds. The number of fused-ring (bicyclic) bond motifs is 14. The van der Waals surface area contributed by atoms with Gasteiger partial charge in [-0.25, -0.2) is 0 Å². The van der Waals surface area contributed by atoms with E-state index in [2.05, 4.69) is 254 Å². The molecule has 10 aromatic rings. The molecule has 1 aliphatic heterocycles. The Hall–Kier alpha value is -8.26. The number of para-hydroxylation sites is 3. The fraction of sp³-hybridized carbons (Fsp3) is 0.0462. The largest absolute Gasteiger partial charge is 0.310 e. The maximum Gasteiger partial charge on any atom is 0.0754 e. The van der Waals surface area contributed by atoms with E-state index in [1.165, 1.54) is 117 Å². The molecule has 0 aromatic heterocycles. The van der Waals surface area contributed by atoms with Crippen LogP contribution in [0.5, 0.6) is 0 Å². The third-order valence-electron chi connectivity index (χ3n) is 15.3. The maximum atomic E-state index is 2.48. The monoisotopic (exact) mass is 837 g/mol. The van der Waals surface area contributed by atoms with Gasteiger partial charge in [-0.15, -0.1) is 0 Å². The Labute approximate surface area is 386 Å². The number of hydrogen-bond acceptors (Lipinski definition) is 1. The molecule has 0 radical (unpaired) electrons. The molecule has 1 heterocycles. The van der Waals surface area contributed by atoms with Gasteiger partial charge in [0.25, 0.3) is 0 Å². The summed E-state index contributed by atoms with van der Waals surface area (Å²) in [5, 5.41) is 0. The molecule has 0 fully saturated rings. The topological polar surface area (TPSA) is 3.24 Å². The summed E-state index contributed by atoms with van der Waals surface area (Å²) in [5.74, 6) is 0. The van der Waals surface area contributed by atoms with Gasteiger partial charge in [-0.2, -0.15) is 0 Å². The highest BCUT2D eigenvalue weighted by Crippen LogP contribution is 2.64. The Morgan fingerprint density at radius 3 is 1.62 bits per heavy atom. The first-order valence-electron chi connectivity index (χ1n) is 23.2. The van der Waals surface area contributed by atoms with Crippen LogP contribution in [0.2, 0.25) is 0 Å². The predicted octanol–water partition coefficient (Wildman–Crippen LogP) is 16.4. The Morgan fingerprint density at radius 1 is 0.333 bits per heavy atom. The highest BCUT2D eigenvalue weighted by Gasteiger charge is 2.52. The van der Waals surface area contributed by atoms with E-state index in [0.717, 1.165) is 5.69 Å². The van der Waals surface area contributed by atoms with Crippen molar-refractivity contribution in [1.29, 1.82) is 0 Å². The summed E-state index contributed by atoms with van der Waals surface area (Å²) in [6.07, 6.45) is 2.48. The van der Waals surface area contributed by atoms with E-state index in [1.807, 2.05) is 0 Å². The van der Waals surface area contributed by atoms with Crippen molar-refractivity contribution >= 4 is 28.7 Å². The van der Waals surface area contributed by atoms with E-state index in [4.69, 9.17) is 0 Å². The lowest BCUT2D eigenvalue weighted by Gasteiger charge is -2.45. The summed E-state index contributed by atoms with van der Waals surface area (Å²) in [4.78, 5) is 2.45. The SMILES string of the molecule is CC12c3cc(-c4ccccc4)ccc3/C(=C\c3ccccc3-c3ccc4c(c3)-c3ccccc3C43c4ccccc4N(c4ccccc4)c4ccccc43)c3cccc(c31)-c1ccccc12. The smallest absolute Gasteiger partial charge is 0.0754 e. The summed E-state index contributed by atoms with van der Waals surface area (Å²) >= 11 is 0. The highest BCUT2D eigenvalue weighted by atomic mass is 15.2. The van der Waals surface area contributed by atoms with Crippen LogP contribution in [0.1, 0.15) is 62.6 Å². The molecule has 3 aliphatic carbocycles. The van der Waals surface area contributed by atoms with Gasteiger partial charge < -0.3 is 4.90 Å². The summed E-state index contributed by atoms with van der Waals surface area (Å²) in [6, 6.07) is 88.4. The third kappa shape index (κ3) is 4.89. The van der Waals surface area contributed by atoms with Crippen LogP contribution in [0.25, 0.3) is 56.2 Å². The van der Waals surface area contributed by atoms with Crippen LogP contribution < -0.4 is 4.90 Å². The molecule has 1 unspecified atom stereocenters. The molecule has 308 valence electrons. The fourth-order valence-corrected chi connectivity index (χ4v) is 12.6. The number of nitrogens with zero attached hydrogens (tertiary/aromatic N) is 1. The second-order valence-electron chi connectivity index (χ2n) is 18.4. The average Bonchev–Trinajstić information content (AvgIpc) is 3.83. The van der Waals surface area contributed by atoms with Crippen LogP contribution in [-0.2, 0) is 10.8 Å². The molecule has 1 heteroatoms. The zero-order chi connectivity index (χ0) is 43.6. The van der Waals surface area contributed by atoms with Crippen molar-refractivity contribution in [2.45, 2.75) is 17.8 Å². The summed E-state index contributed by atoms with van der Waals surface area (Å²) in [7, 11) is 0. The molecule has 10 aromatic carbocycles. The van der Waals surface area contributed by atoms with Crippen molar-refractivity contribution in [3.63, 3.8) is 0 Å². The van der Waals surface area contributed by atoms with Crippen molar-refractivity contribution in [2.75, 3.05) is 4.90 Å². The first kappa shape index (κ1) is 37.1. The number of anilines is 3. The lowest BCUT2D eigenvalue weighted by molar-refractivity contribution is 0.702. The van der Waals surface area contributed by atoms with Gasteiger partial charge in [-0.3, -0.25) is 0 Å². The van der Waals surface area contributed by atoms with E-state index in [1.54, 1.807) is 0 Å². The second kappa shape index (κ2) is 13.9. The molecular formula is C65H43N. The minimum Gasteiger partial charge on any atom is -0.310 e. The summed E-state index contributed by atoms with van der Waals surface area (Å²) in [5.41, 5.74) is 27.4. The third-order valence-corrected chi connectivity index (χ3v) is 15.3. The first-order valence-corrected chi connectivity index (χ1v) is 23.2. The summed E-state index contributed by atoms with van der Waals surface area (Å²) in [6.45, 7) is 2.46. The molecule has 4 aliphatic rings. The molecular weight excluding hydrogens is 795 g/mol. The molecule has 1 atom stereocenters. The van der Waals surface area contributed by atoms with Gasteiger partial charge in [0.05, 0.1) is 16.8 Å². The van der Waals surface area contributed by atoms with Gasteiger partial charge in [-0.05, 0) is 155 Å². The molecule has 0 saturated carbocycles. The molecule has 66 heavy (non-hydrogen) atoms. The molecule has 1 spiro atoms. The van der Waals surface area contributed by atoms with Crippen molar-refractivity contribution < 1.29 is 0 Å². The second-order valence-corrected chi connectivity index (χ2v) is 18.4. The van der Waals surface area contributed by atoms with Gasteiger partial charge in [0, 0.05) is 11.1 Å². The van der Waals surface area contributed by atoms with Crippen LogP contribution in [-0.4, -0.2) is 0 Å². The van der Waals surface area contributed by atoms with Gasteiger partial charge in [-0.1, -0.05) is 200 Å². The van der Waals surface area contributed by atoms with E-state index in [9.17, 15) is 0 Å². The molecule has 0 bridgehead atoms. The average molecular weight is 838 g/mol. The molecule has 14 rings (SSSR count). The van der Waals surface area contributed by atoms with Crippen molar-refractivity contribution in [3.8, 4) is 44.5 Å². The Morgan fingerprint density at radius 2 is 0.879 bits per heavy atom. The highest BCUT2D eigenvalue weighted by molar-refractivity contribution is 6.04. The molecule has 0 N–H and O–H groups in total. The first-order chi connectivity index (χ1) is 32.6. The normalized spacial score (nSPS) is 16.7. The van der Waals surface area contributed by atoms with Gasteiger partial charge in [0.1, 0.15) is 0 Å². The maximum absolute atomic E-state index is 2.48. The Balaban J connectivity index is 0.971. The quantitative estimate of drug-likeness (QED) is 0.171. The summed E-state index contributed by atoms with van der Waals surface area (Å²) < 4.78 is 0. The van der Waals surface area contributed by atoms with Gasteiger partial charge >= 0.3 is 0 Å². The zero-order valence-electron chi connectivity index (χ0n) is 36.5. The van der Waals surface area contributed by atoms with Crippen LogP contribution >= 0.6 is 0 Å². The minimum atomic E-state index is -0.493. The fourth-order valence-electron chi connectivity index (χ4n) is 12.6. The molecule has 0 saturated heterocycles. The van der Waals surface area contributed by atoms with E-state index < -0.39 is 5.41 Å². The van der Waals surface area contributed by atoms with Crippen LogP contribution in [0, 0.1) is 0 Å². The molecule has 1 nitrogen and oxygen atoms in total. The van der Waals surface area contributed by atoms with Gasteiger partial charge in [0.2, 0.25) is 0 Å². The van der Waals surface area contributed by atoms with E-state index in [0.29, 0.717) is 0 Å². The van der Waals surface area contributed by atoms with Crippen molar-refractivity contribution in [2.24, 2.45) is 0 Å². The van der Waals surface area contributed by atoms with Crippen LogP contribution in [0.15, 0.2) is 237 Å². The lowest BCUT2D eigenvalue weighted by Crippen LogP contribution is -2.36. The Bertz CT molecular complexity index is 3620.